The van der Waals surface area contributed by atoms with Crippen LogP contribution in [0.15, 0.2) is 60.8 Å². The molecule has 4 rings (SSSR count). The molecule has 0 aliphatic carbocycles. The van der Waals surface area contributed by atoms with Gasteiger partial charge in [0, 0.05) is 28.7 Å². The molecule has 0 saturated heterocycles. The predicted molar refractivity (Wildman–Crippen MR) is 138 cm³/mol. The van der Waals surface area contributed by atoms with E-state index in [9.17, 15) is 13.2 Å². The smallest absolute Gasteiger partial charge is 0.369 e. The SMILES string of the molecule is CCN(CC)Cc1nc(NCCc2ccccc2Cl)c2ccc(-c3ncccc3C(F)(F)F)cc2n1. The van der Waals surface area contributed by atoms with E-state index in [-0.39, 0.29) is 5.69 Å². The van der Waals surface area contributed by atoms with E-state index in [1.54, 1.807) is 18.2 Å². The van der Waals surface area contributed by atoms with Crippen molar-refractivity contribution in [2.45, 2.75) is 33.0 Å². The van der Waals surface area contributed by atoms with Crippen LogP contribution in [0.3, 0.4) is 0 Å². The second-order valence-electron chi connectivity index (χ2n) is 8.35. The molecule has 2 aromatic carbocycles. The monoisotopic (exact) mass is 513 g/mol. The zero-order valence-corrected chi connectivity index (χ0v) is 20.9. The number of rotatable bonds is 9. The summed E-state index contributed by atoms with van der Waals surface area (Å²) in [6, 6.07) is 15.0. The van der Waals surface area contributed by atoms with Crippen molar-refractivity contribution in [3.63, 3.8) is 0 Å². The highest BCUT2D eigenvalue weighted by Crippen LogP contribution is 2.36. The Morgan fingerprint density at radius 3 is 2.47 bits per heavy atom. The molecule has 5 nitrogen and oxygen atoms in total. The summed E-state index contributed by atoms with van der Waals surface area (Å²) in [7, 11) is 0. The van der Waals surface area contributed by atoms with Gasteiger partial charge in [0.1, 0.15) is 11.6 Å². The highest BCUT2D eigenvalue weighted by atomic mass is 35.5. The summed E-state index contributed by atoms with van der Waals surface area (Å²) < 4.78 is 40.8. The second kappa shape index (κ2) is 11.2. The zero-order chi connectivity index (χ0) is 25.7. The van der Waals surface area contributed by atoms with E-state index in [2.05, 4.69) is 29.0 Å². The van der Waals surface area contributed by atoms with Gasteiger partial charge in [-0.05, 0) is 55.4 Å². The standard InChI is InChI=1S/C27H27ClF3N5/c1-3-36(4-2)17-24-34-23-16-19(25-21(27(29,30)31)9-7-14-32-25)11-12-20(23)26(35-24)33-15-13-18-8-5-6-10-22(18)28/h5-12,14,16H,3-4,13,15,17H2,1-2H3,(H,33,34,35). The van der Waals surface area contributed by atoms with Crippen LogP contribution in [-0.4, -0.2) is 39.5 Å². The van der Waals surface area contributed by atoms with Crippen LogP contribution in [0.4, 0.5) is 19.0 Å². The molecule has 2 aromatic heterocycles. The quantitative estimate of drug-likeness (QED) is 0.265. The third kappa shape index (κ3) is 5.94. The van der Waals surface area contributed by atoms with E-state index in [4.69, 9.17) is 21.6 Å². The molecule has 0 spiro atoms. The minimum absolute atomic E-state index is 0.121. The number of halogens is 4. The molecule has 0 amide bonds. The number of alkyl halides is 3. The van der Waals surface area contributed by atoms with Gasteiger partial charge in [0.25, 0.3) is 0 Å². The third-order valence-electron chi connectivity index (χ3n) is 6.03. The average molecular weight is 514 g/mol. The number of hydrogen-bond donors (Lipinski definition) is 1. The summed E-state index contributed by atoms with van der Waals surface area (Å²) in [6.45, 7) is 6.90. The number of nitrogens with one attached hydrogen (secondary N) is 1. The number of aromatic nitrogens is 3. The van der Waals surface area contributed by atoms with Gasteiger partial charge in [0.05, 0.1) is 23.3 Å². The first kappa shape index (κ1) is 25.9. The Bertz CT molecular complexity index is 1340. The van der Waals surface area contributed by atoms with Crippen LogP contribution in [0.5, 0.6) is 0 Å². The third-order valence-corrected chi connectivity index (χ3v) is 6.40. The molecule has 0 aliphatic heterocycles. The van der Waals surface area contributed by atoms with E-state index in [0.29, 0.717) is 47.3 Å². The Hall–Kier alpha value is -3.23. The van der Waals surface area contributed by atoms with Crippen LogP contribution in [0, 0.1) is 0 Å². The van der Waals surface area contributed by atoms with Crippen molar-refractivity contribution in [2.24, 2.45) is 0 Å². The van der Waals surface area contributed by atoms with Crippen molar-refractivity contribution in [3.8, 4) is 11.3 Å². The number of pyridine rings is 1. The molecule has 36 heavy (non-hydrogen) atoms. The molecule has 0 aliphatic rings. The van der Waals surface area contributed by atoms with E-state index in [1.807, 2.05) is 24.3 Å². The van der Waals surface area contributed by atoms with Crippen molar-refractivity contribution >= 4 is 28.3 Å². The van der Waals surface area contributed by atoms with Crippen molar-refractivity contribution in [1.29, 1.82) is 0 Å². The predicted octanol–water partition coefficient (Wildman–Crippen LogP) is 6.86. The van der Waals surface area contributed by atoms with E-state index in [1.165, 1.54) is 12.3 Å². The maximum atomic E-state index is 13.6. The lowest BCUT2D eigenvalue weighted by Crippen LogP contribution is -2.23. The molecule has 0 radical (unpaired) electrons. The van der Waals surface area contributed by atoms with Gasteiger partial charge in [-0.15, -0.1) is 0 Å². The van der Waals surface area contributed by atoms with Gasteiger partial charge in [-0.3, -0.25) is 9.88 Å². The fourth-order valence-corrected chi connectivity index (χ4v) is 4.29. The average Bonchev–Trinajstić information content (AvgIpc) is 2.87. The number of hydrogen-bond acceptors (Lipinski definition) is 5. The number of nitrogens with zero attached hydrogens (tertiary/aromatic N) is 4. The maximum Gasteiger partial charge on any atom is 0.418 e. The lowest BCUT2D eigenvalue weighted by atomic mass is 10.0. The molecule has 2 heterocycles. The molecular weight excluding hydrogens is 487 g/mol. The van der Waals surface area contributed by atoms with E-state index >= 15 is 0 Å². The van der Waals surface area contributed by atoms with Crippen molar-refractivity contribution < 1.29 is 13.2 Å². The summed E-state index contributed by atoms with van der Waals surface area (Å²) in [5.41, 5.74) is 1.03. The second-order valence-corrected chi connectivity index (χ2v) is 8.75. The van der Waals surface area contributed by atoms with E-state index in [0.717, 1.165) is 30.1 Å². The largest absolute Gasteiger partial charge is 0.418 e. The molecule has 0 bridgehead atoms. The highest BCUT2D eigenvalue weighted by Gasteiger charge is 2.34. The Morgan fingerprint density at radius 2 is 1.75 bits per heavy atom. The van der Waals surface area contributed by atoms with Gasteiger partial charge in [0.2, 0.25) is 0 Å². The summed E-state index contributed by atoms with van der Waals surface area (Å²) in [6.07, 6.45) is -2.46. The number of fused-ring (bicyclic) bond motifs is 1. The molecule has 4 aromatic rings. The van der Waals surface area contributed by atoms with Crippen LogP contribution in [0.2, 0.25) is 5.02 Å². The van der Waals surface area contributed by atoms with Gasteiger partial charge in [0.15, 0.2) is 0 Å². The molecule has 0 atom stereocenters. The van der Waals surface area contributed by atoms with Crippen LogP contribution < -0.4 is 5.32 Å². The van der Waals surface area contributed by atoms with Crippen molar-refractivity contribution in [3.05, 3.63) is 82.8 Å². The molecule has 188 valence electrons. The molecule has 0 fully saturated rings. The molecule has 9 heteroatoms. The molecule has 0 saturated carbocycles. The van der Waals surface area contributed by atoms with Gasteiger partial charge in [-0.2, -0.15) is 13.2 Å². The number of benzene rings is 2. The van der Waals surface area contributed by atoms with Crippen molar-refractivity contribution in [2.75, 3.05) is 25.0 Å². The van der Waals surface area contributed by atoms with Gasteiger partial charge < -0.3 is 5.32 Å². The summed E-state index contributed by atoms with van der Waals surface area (Å²) in [4.78, 5) is 15.7. The highest BCUT2D eigenvalue weighted by molar-refractivity contribution is 6.31. The Kier molecular flexibility index (Phi) is 8.06. The van der Waals surface area contributed by atoms with Gasteiger partial charge >= 0.3 is 6.18 Å². The minimum atomic E-state index is -4.51. The fourth-order valence-electron chi connectivity index (χ4n) is 4.06. The molecule has 0 unspecified atom stereocenters. The van der Waals surface area contributed by atoms with Crippen molar-refractivity contribution in [1.82, 2.24) is 19.9 Å². The lowest BCUT2D eigenvalue weighted by Gasteiger charge is -2.18. The first-order valence-corrected chi connectivity index (χ1v) is 12.2. The lowest BCUT2D eigenvalue weighted by molar-refractivity contribution is -0.137. The molecule has 1 N–H and O–H groups in total. The first-order chi connectivity index (χ1) is 17.3. The van der Waals surface area contributed by atoms with Gasteiger partial charge in [-0.25, -0.2) is 9.97 Å². The summed E-state index contributed by atoms with van der Waals surface area (Å²) in [5, 5.41) is 4.81. The Labute approximate surface area is 213 Å². The number of anilines is 1. The van der Waals surface area contributed by atoms with Crippen LogP contribution >= 0.6 is 11.6 Å². The van der Waals surface area contributed by atoms with E-state index < -0.39 is 11.7 Å². The Morgan fingerprint density at radius 1 is 0.972 bits per heavy atom. The fraction of sp³-hybridized carbons (Fsp3) is 0.296. The minimum Gasteiger partial charge on any atom is -0.369 e. The maximum absolute atomic E-state index is 13.6. The van der Waals surface area contributed by atoms with Crippen LogP contribution in [-0.2, 0) is 19.1 Å². The normalized spacial score (nSPS) is 11.9. The topological polar surface area (TPSA) is 53.9 Å². The van der Waals surface area contributed by atoms with Crippen LogP contribution in [0.1, 0.15) is 30.8 Å². The zero-order valence-electron chi connectivity index (χ0n) is 20.1. The van der Waals surface area contributed by atoms with Gasteiger partial charge in [-0.1, -0.05) is 49.7 Å². The summed E-state index contributed by atoms with van der Waals surface area (Å²) >= 11 is 6.29. The van der Waals surface area contributed by atoms with Crippen LogP contribution in [0.25, 0.3) is 22.2 Å². The first-order valence-electron chi connectivity index (χ1n) is 11.8. The summed E-state index contributed by atoms with van der Waals surface area (Å²) in [5.74, 6) is 1.23. The molecular formula is C27H27ClF3N5. The Balaban J connectivity index is 1.72.